The van der Waals surface area contributed by atoms with Gasteiger partial charge in [0, 0.05) is 6.42 Å². The number of aliphatic hydroxyl groups is 1. The number of nitrogens with two attached hydrogens (primary N) is 1. The van der Waals surface area contributed by atoms with Gasteiger partial charge in [-0.3, -0.25) is 14.1 Å². The third-order valence-corrected chi connectivity index (χ3v) is 3.95. The fourth-order valence-electron chi connectivity index (χ4n) is 2.41. The van der Waals surface area contributed by atoms with Crippen molar-refractivity contribution in [1.82, 2.24) is 9.55 Å². The minimum absolute atomic E-state index is 0.228. The van der Waals surface area contributed by atoms with Gasteiger partial charge in [-0.15, -0.1) is 0 Å². The third kappa shape index (κ3) is 3.06. The molecule has 0 spiro atoms. The average molecular weight is 333 g/mol. The Kier molecular flexibility index (Phi) is 4.03. The minimum atomic E-state index is -4.61. The van der Waals surface area contributed by atoms with E-state index in [-0.39, 0.29) is 6.42 Å². The van der Waals surface area contributed by atoms with Crippen LogP contribution in [0.4, 0.5) is 5.82 Å². The lowest BCUT2D eigenvalue weighted by atomic mass is 10.2. The van der Waals surface area contributed by atoms with E-state index in [4.69, 9.17) is 20.3 Å². The number of rotatable bonds is 4. The number of aliphatic imine (C=N–C) groups is 1. The molecule has 0 unspecified atom stereocenters. The molecule has 12 heteroatoms. The second-order valence-corrected chi connectivity index (χ2v) is 6.21. The van der Waals surface area contributed by atoms with E-state index in [1.165, 1.54) is 12.7 Å². The molecule has 3 heterocycles. The number of phosphoric ester groups is 1. The van der Waals surface area contributed by atoms with Gasteiger partial charge in [0.1, 0.15) is 30.0 Å². The number of anilines is 1. The Morgan fingerprint density at radius 1 is 1.59 bits per heavy atom. The molecule has 0 radical (unpaired) electrons. The Balaban J connectivity index is 1.72. The summed E-state index contributed by atoms with van der Waals surface area (Å²) in [7, 11) is -4.61. The van der Waals surface area contributed by atoms with Crippen molar-refractivity contribution < 1.29 is 28.7 Å². The summed E-state index contributed by atoms with van der Waals surface area (Å²) in [6, 6.07) is 0. The quantitative estimate of drug-likeness (QED) is 0.437. The molecule has 0 aromatic carbocycles. The first-order valence-electron chi connectivity index (χ1n) is 6.49. The molecule has 4 atom stereocenters. The molecule has 11 nitrogen and oxygen atoms in total. The summed E-state index contributed by atoms with van der Waals surface area (Å²) >= 11 is 0. The van der Waals surface area contributed by atoms with Gasteiger partial charge in [-0.05, 0) is 0 Å². The Hall–Kier alpha value is -1.33. The molecule has 1 aromatic heterocycles. The second kappa shape index (κ2) is 5.70. The smallest absolute Gasteiger partial charge is 0.390 e. The van der Waals surface area contributed by atoms with Crippen molar-refractivity contribution in [2.24, 2.45) is 10.7 Å². The number of nitrogens with one attached hydrogen (secondary N) is 1. The predicted molar refractivity (Wildman–Crippen MR) is 73.8 cm³/mol. The fourth-order valence-corrected chi connectivity index (χ4v) is 2.76. The van der Waals surface area contributed by atoms with Gasteiger partial charge in [0.2, 0.25) is 0 Å². The van der Waals surface area contributed by atoms with Crippen LogP contribution in [0.15, 0.2) is 11.3 Å². The lowest BCUT2D eigenvalue weighted by Crippen LogP contribution is -2.26. The molecule has 1 fully saturated rings. The molecule has 0 saturated carbocycles. The van der Waals surface area contributed by atoms with Crippen LogP contribution >= 0.6 is 7.82 Å². The maximum absolute atomic E-state index is 10.7. The zero-order valence-corrected chi connectivity index (χ0v) is 12.2. The molecule has 22 heavy (non-hydrogen) atoms. The molecule has 0 amide bonds. The summed E-state index contributed by atoms with van der Waals surface area (Å²) in [5, 5.41) is 12.9. The van der Waals surface area contributed by atoms with Crippen molar-refractivity contribution in [2.45, 2.75) is 31.0 Å². The van der Waals surface area contributed by atoms with Crippen LogP contribution in [0.1, 0.15) is 24.5 Å². The number of ether oxygens (including phenoxy) is 1. The molecule has 3 rings (SSSR count). The zero-order chi connectivity index (χ0) is 15.9. The van der Waals surface area contributed by atoms with Crippen LogP contribution in [0.3, 0.4) is 0 Å². The summed E-state index contributed by atoms with van der Waals surface area (Å²) in [5.41, 5.74) is 6.35. The van der Waals surface area contributed by atoms with E-state index in [1.807, 2.05) is 0 Å². The average Bonchev–Trinajstić information content (AvgIpc) is 3.00. The van der Waals surface area contributed by atoms with Crippen molar-refractivity contribution in [3.63, 3.8) is 0 Å². The van der Waals surface area contributed by atoms with Gasteiger partial charge in [0.25, 0.3) is 0 Å². The van der Waals surface area contributed by atoms with E-state index in [0.29, 0.717) is 11.5 Å². The minimum Gasteiger partial charge on any atom is -0.390 e. The van der Waals surface area contributed by atoms with Gasteiger partial charge in [0.05, 0.1) is 25.4 Å². The Labute approximate surface area is 125 Å². The molecular weight excluding hydrogens is 317 g/mol. The lowest BCUT2D eigenvalue weighted by Gasteiger charge is -2.19. The molecule has 1 aromatic rings. The molecule has 0 bridgehead atoms. The molecule has 2 aliphatic rings. The summed E-state index contributed by atoms with van der Waals surface area (Å²) < 4.78 is 22.3. The van der Waals surface area contributed by atoms with Gasteiger partial charge >= 0.3 is 7.82 Å². The number of imidazole rings is 1. The number of aliphatic hydroxyl groups excluding tert-OH is 1. The van der Waals surface area contributed by atoms with E-state index < -0.39 is 39.0 Å². The van der Waals surface area contributed by atoms with Gasteiger partial charge in [-0.2, -0.15) is 0 Å². The molecule has 2 aliphatic heterocycles. The highest BCUT2D eigenvalue weighted by atomic mass is 31.2. The predicted octanol–water partition coefficient (Wildman–Crippen LogP) is -0.948. The van der Waals surface area contributed by atoms with Gasteiger partial charge < -0.3 is 30.7 Å². The molecule has 0 aliphatic carbocycles. The zero-order valence-electron chi connectivity index (χ0n) is 11.3. The van der Waals surface area contributed by atoms with Crippen LogP contribution in [0.25, 0.3) is 0 Å². The largest absolute Gasteiger partial charge is 0.469 e. The second-order valence-electron chi connectivity index (χ2n) is 4.97. The molecule has 6 N–H and O–H groups in total. The fraction of sp³-hybridized carbons (Fsp3) is 0.600. The summed E-state index contributed by atoms with van der Waals surface area (Å²) in [6.45, 7) is -0.409. The Morgan fingerprint density at radius 2 is 2.36 bits per heavy atom. The Morgan fingerprint density at radius 3 is 3.09 bits per heavy atom. The van der Waals surface area contributed by atoms with Gasteiger partial charge in [-0.25, -0.2) is 9.55 Å². The van der Waals surface area contributed by atoms with Crippen molar-refractivity contribution in [3.8, 4) is 0 Å². The van der Waals surface area contributed by atoms with Crippen molar-refractivity contribution in [1.29, 1.82) is 0 Å². The van der Waals surface area contributed by atoms with Crippen LogP contribution in [0.2, 0.25) is 0 Å². The van der Waals surface area contributed by atoms with Crippen LogP contribution in [-0.2, 0) is 13.8 Å². The first-order chi connectivity index (χ1) is 10.3. The number of aromatic nitrogens is 2. The van der Waals surface area contributed by atoms with E-state index >= 15 is 0 Å². The molecule has 1 saturated heterocycles. The number of phosphoric acid groups is 1. The van der Waals surface area contributed by atoms with Crippen LogP contribution in [0.5, 0.6) is 0 Å². The van der Waals surface area contributed by atoms with E-state index in [9.17, 15) is 9.67 Å². The van der Waals surface area contributed by atoms with Crippen LogP contribution < -0.4 is 11.1 Å². The maximum atomic E-state index is 10.7. The van der Waals surface area contributed by atoms with Crippen molar-refractivity contribution in [2.75, 3.05) is 11.9 Å². The number of hydrogen-bond acceptors (Lipinski definition) is 8. The highest BCUT2D eigenvalue weighted by Crippen LogP contribution is 2.39. The normalized spacial score (nSPS) is 31.1. The third-order valence-electron chi connectivity index (χ3n) is 3.46. The van der Waals surface area contributed by atoms with E-state index in [0.717, 1.165) is 0 Å². The number of hydrogen-bond donors (Lipinski definition) is 5. The molecular formula is C10H16N5O6P. The topological polar surface area (TPSA) is 164 Å². The summed E-state index contributed by atoms with van der Waals surface area (Å²) in [4.78, 5) is 25.5. The van der Waals surface area contributed by atoms with Crippen molar-refractivity contribution >= 4 is 20.0 Å². The first-order valence-corrected chi connectivity index (χ1v) is 8.02. The van der Waals surface area contributed by atoms with Crippen LogP contribution in [0, 0.1) is 0 Å². The number of nitrogens with zero attached hydrogens (tertiary/aromatic N) is 3. The maximum Gasteiger partial charge on any atom is 0.469 e. The lowest BCUT2D eigenvalue weighted by molar-refractivity contribution is -0.0429. The number of fused-ring (bicyclic) bond motifs is 1. The highest BCUT2D eigenvalue weighted by molar-refractivity contribution is 7.46. The standard InChI is InChI=1S/C10H16N5O6P/c11-9-8-10(13-3-12-9)15(4-14-8)7-1-5(16)6(21-7)2-20-22(17,18)19/h3-7,9,16H,1-2,11H2,(H,12,13)(H2,17,18,19)/t5-,6+,7+,9-/m0/s1. The van der Waals surface area contributed by atoms with E-state index in [2.05, 4.69) is 19.8 Å². The summed E-state index contributed by atoms with van der Waals surface area (Å²) in [6.07, 6.45) is 0.301. The van der Waals surface area contributed by atoms with Crippen LogP contribution in [-0.4, -0.2) is 49.6 Å². The Bertz CT molecular complexity index is 629. The highest BCUT2D eigenvalue weighted by Gasteiger charge is 2.38. The first kappa shape index (κ1) is 15.6. The summed E-state index contributed by atoms with van der Waals surface area (Å²) in [5.74, 6) is 0.608. The van der Waals surface area contributed by atoms with E-state index in [1.54, 1.807) is 4.57 Å². The van der Waals surface area contributed by atoms with Gasteiger partial charge in [0.15, 0.2) is 0 Å². The van der Waals surface area contributed by atoms with Gasteiger partial charge in [-0.1, -0.05) is 0 Å². The molecule has 122 valence electrons. The van der Waals surface area contributed by atoms with Crippen molar-refractivity contribution in [3.05, 3.63) is 12.0 Å². The SMILES string of the molecule is N[C@H]1N=CNc2c1ncn2[C@H]1C[C@H](O)[C@@H](COP(=O)(O)O)O1. The monoisotopic (exact) mass is 333 g/mol.